The van der Waals surface area contributed by atoms with Crippen molar-refractivity contribution in [1.29, 1.82) is 0 Å². The zero-order valence-electron chi connectivity index (χ0n) is 12.5. The monoisotopic (exact) mass is 364 g/mol. The minimum Gasteiger partial charge on any atom is -0.375 e. The van der Waals surface area contributed by atoms with Gasteiger partial charge in [-0.15, -0.1) is 0 Å². The summed E-state index contributed by atoms with van der Waals surface area (Å²) in [7, 11) is 0. The lowest BCUT2D eigenvalue weighted by molar-refractivity contribution is -0.119. The third-order valence-electron chi connectivity index (χ3n) is 3.28. The van der Waals surface area contributed by atoms with Crippen LogP contribution >= 0.6 is 15.9 Å². The van der Waals surface area contributed by atoms with Crippen molar-refractivity contribution in [3.63, 3.8) is 0 Å². The van der Waals surface area contributed by atoms with E-state index in [1.54, 1.807) is 19.1 Å². The molecule has 0 saturated carbocycles. The fourth-order valence-corrected chi connectivity index (χ4v) is 2.65. The number of halogens is 2. The summed E-state index contributed by atoms with van der Waals surface area (Å²) in [6.07, 6.45) is 0. The first-order valence-corrected chi connectivity index (χ1v) is 7.77. The second-order valence-electron chi connectivity index (χ2n) is 5.20. The van der Waals surface area contributed by atoms with E-state index in [1.165, 1.54) is 6.07 Å². The lowest BCUT2D eigenvalue weighted by Crippen LogP contribution is -2.29. The van der Waals surface area contributed by atoms with Gasteiger partial charge in [-0.25, -0.2) is 4.39 Å². The molecule has 2 aromatic rings. The van der Waals surface area contributed by atoms with E-state index < -0.39 is 0 Å². The maximum Gasteiger partial charge on any atom is 0.239 e. The van der Waals surface area contributed by atoms with Crippen molar-refractivity contribution < 1.29 is 9.18 Å². The summed E-state index contributed by atoms with van der Waals surface area (Å²) in [6.45, 7) is 4.28. The van der Waals surface area contributed by atoms with Crippen LogP contribution in [0, 0.1) is 19.7 Å². The minimum atomic E-state index is -0.235. The summed E-state index contributed by atoms with van der Waals surface area (Å²) >= 11 is 3.46. The van der Waals surface area contributed by atoms with Crippen molar-refractivity contribution in [2.45, 2.75) is 20.4 Å². The Bertz CT molecular complexity index is 688. The van der Waals surface area contributed by atoms with Crippen molar-refractivity contribution in [2.24, 2.45) is 0 Å². The Balaban J connectivity index is 1.84. The highest BCUT2D eigenvalue weighted by molar-refractivity contribution is 9.10. The zero-order valence-corrected chi connectivity index (χ0v) is 14.1. The summed E-state index contributed by atoms with van der Waals surface area (Å²) in [5.74, 6) is -0.351. The van der Waals surface area contributed by atoms with E-state index in [0.29, 0.717) is 12.1 Å². The Morgan fingerprint density at radius 2 is 1.95 bits per heavy atom. The summed E-state index contributed by atoms with van der Waals surface area (Å²) < 4.78 is 14.1. The standard InChI is InChI=1S/C17H18BrFN2O/c1-11-3-6-16(14(18)7-11)20-10-17(22)21-9-13-4-5-15(19)12(2)8-13/h3-8,20H,9-10H2,1-2H3,(H,21,22). The zero-order chi connectivity index (χ0) is 16.1. The van der Waals surface area contributed by atoms with Crippen LogP contribution in [0.3, 0.4) is 0 Å². The van der Waals surface area contributed by atoms with Gasteiger partial charge in [0.15, 0.2) is 0 Å². The number of carbonyl (C=O) groups is 1. The topological polar surface area (TPSA) is 41.1 Å². The number of hydrogen-bond acceptors (Lipinski definition) is 2. The van der Waals surface area contributed by atoms with Crippen molar-refractivity contribution in [2.75, 3.05) is 11.9 Å². The Kier molecular flexibility index (Phi) is 5.55. The lowest BCUT2D eigenvalue weighted by atomic mass is 10.1. The summed E-state index contributed by atoms with van der Waals surface area (Å²) in [5, 5.41) is 5.89. The molecule has 0 aliphatic carbocycles. The molecule has 0 fully saturated rings. The van der Waals surface area contributed by atoms with Gasteiger partial charge < -0.3 is 10.6 Å². The van der Waals surface area contributed by atoms with Gasteiger partial charge in [0.1, 0.15) is 5.82 Å². The summed E-state index contributed by atoms with van der Waals surface area (Å²) in [4.78, 5) is 11.9. The maximum absolute atomic E-state index is 13.2. The molecule has 0 aliphatic rings. The minimum absolute atomic E-state index is 0.116. The fraction of sp³-hybridized carbons (Fsp3) is 0.235. The van der Waals surface area contributed by atoms with Gasteiger partial charge in [-0.2, -0.15) is 0 Å². The molecule has 5 heteroatoms. The van der Waals surface area contributed by atoms with Gasteiger partial charge in [0.05, 0.1) is 6.54 Å². The highest BCUT2D eigenvalue weighted by Gasteiger charge is 2.05. The molecule has 2 N–H and O–H groups in total. The third-order valence-corrected chi connectivity index (χ3v) is 3.93. The van der Waals surface area contributed by atoms with Gasteiger partial charge in [-0.1, -0.05) is 18.2 Å². The SMILES string of the molecule is Cc1ccc(NCC(=O)NCc2ccc(F)c(C)c2)c(Br)c1. The Morgan fingerprint density at radius 3 is 2.64 bits per heavy atom. The van der Waals surface area contributed by atoms with Crippen LogP contribution in [0.5, 0.6) is 0 Å². The lowest BCUT2D eigenvalue weighted by Gasteiger charge is -2.10. The molecule has 0 aromatic heterocycles. The van der Waals surface area contributed by atoms with Gasteiger partial charge in [-0.05, 0) is 64.7 Å². The molecule has 0 bridgehead atoms. The van der Waals surface area contributed by atoms with Crippen LogP contribution in [0.2, 0.25) is 0 Å². The molecule has 22 heavy (non-hydrogen) atoms. The van der Waals surface area contributed by atoms with Crippen LogP contribution in [-0.4, -0.2) is 12.5 Å². The molecule has 0 aliphatic heterocycles. The third kappa shape index (κ3) is 4.56. The molecule has 0 radical (unpaired) electrons. The van der Waals surface area contributed by atoms with Crippen LogP contribution in [0.15, 0.2) is 40.9 Å². The van der Waals surface area contributed by atoms with Crippen molar-refractivity contribution in [3.05, 3.63) is 63.4 Å². The van der Waals surface area contributed by atoms with Crippen molar-refractivity contribution in [1.82, 2.24) is 5.32 Å². The first-order valence-electron chi connectivity index (χ1n) is 6.97. The number of amides is 1. The fourth-order valence-electron chi connectivity index (χ4n) is 2.02. The van der Waals surface area contributed by atoms with Gasteiger partial charge in [-0.3, -0.25) is 4.79 Å². The Labute approximate surface area is 138 Å². The van der Waals surface area contributed by atoms with Gasteiger partial charge in [0, 0.05) is 16.7 Å². The molecule has 0 atom stereocenters. The number of carbonyl (C=O) groups excluding carboxylic acids is 1. The molecular weight excluding hydrogens is 347 g/mol. The maximum atomic E-state index is 13.2. The van der Waals surface area contributed by atoms with Crippen LogP contribution in [0.1, 0.15) is 16.7 Å². The first kappa shape index (κ1) is 16.5. The van der Waals surface area contributed by atoms with E-state index in [0.717, 1.165) is 21.3 Å². The van der Waals surface area contributed by atoms with Crippen LogP contribution in [-0.2, 0) is 11.3 Å². The molecule has 116 valence electrons. The quantitative estimate of drug-likeness (QED) is 0.843. The number of nitrogens with one attached hydrogen (secondary N) is 2. The largest absolute Gasteiger partial charge is 0.375 e. The van der Waals surface area contributed by atoms with Crippen LogP contribution < -0.4 is 10.6 Å². The molecular formula is C17H18BrFN2O. The van der Waals surface area contributed by atoms with Crippen molar-refractivity contribution >= 4 is 27.5 Å². The molecule has 0 saturated heterocycles. The van der Waals surface area contributed by atoms with E-state index in [4.69, 9.17) is 0 Å². The highest BCUT2D eigenvalue weighted by atomic mass is 79.9. The van der Waals surface area contributed by atoms with Crippen molar-refractivity contribution in [3.8, 4) is 0 Å². The van der Waals surface area contributed by atoms with Crippen LogP contribution in [0.4, 0.5) is 10.1 Å². The van der Waals surface area contributed by atoms with E-state index in [9.17, 15) is 9.18 Å². The number of aryl methyl sites for hydroxylation is 2. The molecule has 3 nitrogen and oxygen atoms in total. The van der Waals surface area contributed by atoms with E-state index in [1.807, 2.05) is 25.1 Å². The molecule has 0 heterocycles. The van der Waals surface area contributed by atoms with E-state index in [2.05, 4.69) is 26.6 Å². The normalized spacial score (nSPS) is 10.4. The average Bonchev–Trinajstić information content (AvgIpc) is 2.47. The number of hydrogen-bond donors (Lipinski definition) is 2. The first-order chi connectivity index (χ1) is 10.5. The molecule has 2 rings (SSSR count). The van der Waals surface area contributed by atoms with E-state index >= 15 is 0 Å². The molecule has 2 aromatic carbocycles. The number of benzene rings is 2. The molecule has 1 amide bonds. The van der Waals surface area contributed by atoms with Crippen LogP contribution in [0.25, 0.3) is 0 Å². The summed E-state index contributed by atoms with van der Waals surface area (Å²) in [5.41, 5.74) is 3.48. The van der Waals surface area contributed by atoms with Gasteiger partial charge in [0.25, 0.3) is 0 Å². The van der Waals surface area contributed by atoms with E-state index in [-0.39, 0.29) is 18.3 Å². The second kappa shape index (κ2) is 7.40. The molecule has 0 spiro atoms. The predicted molar refractivity (Wildman–Crippen MR) is 90.4 cm³/mol. The highest BCUT2D eigenvalue weighted by Crippen LogP contribution is 2.22. The predicted octanol–water partition coefficient (Wildman–Crippen LogP) is 3.93. The second-order valence-corrected chi connectivity index (χ2v) is 6.05. The van der Waals surface area contributed by atoms with Gasteiger partial charge in [0.2, 0.25) is 5.91 Å². The Morgan fingerprint density at radius 1 is 1.18 bits per heavy atom. The Hall–Kier alpha value is -1.88. The number of anilines is 1. The smallest absolute Gasteiger partial charge is 0.239 e. The average molecular weight is 365 g/mol. The molecule has 0 unspecified atom stereocenters. The number of rotatable bonds is 5. The summed E-state index contributed by atoms with van der Waals surface area (Å²) in [6, 6.07) is 10.7. The van der Waals surface area contributed by atoms with Gasteiger partial charge >= 0.3 is 0 Å².